The first-order valence-corrected chi connectivity index (χ1v) is 8.37. The highest BCUT2D eigenvalue weighted by Gasteiger charge is 2.36. The van der Waals surface area contributed by atoms with Crippen molar-refractivity contribution in [1.29, 1.82) is 0 Å². The average molecular weight is 364 g/mol. The van der Waals surface area contributed by atoms with Crippen LogP contribution in [0.3, 0.4) is 0 Å². The molecule has 0 unspecified atom stereocenters. The molecule has 1 aromatic carbocycles. The zero-order valence-electron chi connectivity index (χ0n) is 14.2. The summed E-state index contributed by atoms with van der Waals surface area (Å²) in [7, 11) is 0. The van der Waals surface area contributed by atoms with Crippen molar-refractivity contribution >= 4 is 11.7 Å². The second kappa shape index (κ2) is 7.31. The summed E-state index contributed by atoms with van der Waals surface area (Å²) in [6.07, 6.45) is 1.01. The third-order valence-electron chi connectivity index (χ3n) is 4.42. The van der Waals surface area contributed by atoms with Crippen LogP contribution in [0.25, 0.3) is 0 Å². The zero-order chi connectivity index (χ0) is 18.7. The van der Waals surface area contributed by atoms with Crippen LogP contribution in [0.1, 0.15) is 40.9 Å². The van der Waals surface area contributed by atoms with Crippen LogP contribution in [0.15, 0.2) is 36.7 Å². The van der Waals surface area contributed by atoms with Crippen LogP contribution >= 0.6 is 0 Å². The molecule has 2 N–H and O–H groups in total. The topological polar surface area (TPSA) is 66.9 Å². The van der Waals surface area contributed by atoms with E-state index in [-0.39, 0.29) is 17.6 Å². The molecule has 138 valence electrons. The van der Waals surface area contributed by atoms with Gasteiger partial charge in [-0.25, -0.2) is 4.98 Å². The van der Waals surface area contributed by atoms with E-state index in [1.54, 1.807) is 12.4 Å². The highest BCUT2D eigenvalue weighted by atomic mass is 19.4. The molecule has 0 bridgehead atoms. The number of aromatic nitrogens is 2. The van der Waals surface area contributed by atoms with E-state index in [0.29, 0.717) is 12.2 Å². The average Bonchev–Trinajstić information content (AvgIpc) is 3.03. The maximum absolute atomic E-state index is 13.1. The molecule has 1 heterocycles. The fraction of sp³-hybridized carbons (Fsp3) is 0.389. The van der Waals surface area contributed by atoms with Gasteiger partial charge in [0.1, 0.15) is 5.82 Å². The first-order valence-electron chi connectivity index (χ1n) is 8.37. The van der Waals surface area contributed by atoms with Gasteiger partial charge >= 0.3 is 6.18 Å². The van der Waals surface area contributed by atoms with Crippen molar-refractivity contribution in [3.05, 3.63) is 53.5 Å². The van der Waals surface area contributed by atoms with E-state index in [1.165, 1.54) is 18.2 Å². The summed E-state index contributed by atoms with van der Waals surface area (Å²) in [6.45, 7) is 1.83. The number of nitrogens with zero attached hydrogens (tertiary/aromatic N) is 2. The van der Waals surface area contributed by atoms with Crippen LogP contribution in [0.2, 0.25) is 0 Å². The Bertz CT molecular complexity index is 777. The van der Waals surface area contributed by atoms with Crippen molar-refractivity contribution in [1.82, 2.24) is 15.3 Å². The second-order valence-electron chi connectivity index (χ2n) is 6.35. The third-order valence-corrected chi connectivity index (χ3v) is 4.42. The molecule has 8 heteroatoms. The van der Waals surface area contributed by atoms with Gasteiger partial charge in [0.25, 0.3) is 5.91 Å². The van der Waals surface area contributed by atoms with Crippen molar-refractivity contribution in [3.63, 3.8) is 0 Å². The fourth-order valence-corrected chi connectivity index (χ4v) is 3.14. The van der Waals surface area contributed by atoms with Gasteiger partial charge in [0.2, 0.25) is 0 Å². The number of amides is 1. The number of alkyl halides is 3. The minimum absolute atomic E-state index is 0.103. The predicted molar refractivity (Wildman–Crippen MR) is 90.7 cm³/mol. The maximum Gasteiger partial charge on any atom is 0.417 e. The Labute approximate surface area is 149 Å². The van der Waals surface area contributed by atoms with Crippen LogP contribution in [0.5, 0.6) is 0 Å². The Morgan fingerprint density at radius 3 is 2.54 bits per heavy atom. The minimum Gasteiger partial charge on any atom is -0.364 e. The van der Waals surface area contributed by atoms with E-state index in [2.05, 4.69) is 20.6 Å². The quantitative estimate of drug-likeness (QED) is 0.870. The molecule has 1 fully saturated rings. The van der Waals surface area contributed by atoms with Gasteiger partial charge in [-0.05, 0) is 38.3 Å². The smallest absolute Gasteiger partial charge is 0.364 e. The number of anilines is 1. The number of hydrogen-bond donors (Lipinski definition) is 2. The summed E-state index contributed by atoms with van der Waals surface area (Å²) in [5.74, 6) is -0.135. The summed E-state index contributed by atoms with van der Waals surface area (Å²) in [5.41, 5.74) is -0.499. The minimum atomic E-state index is -4.57. The van der Waals surface area contributed by atoms with Crippen molar-refractivity contribution in [2.75, 3.05) is 5.32 Å². The zero-order valence-corrected chi connectivity index (χ0v) is 14.2. The summed E-state index contributed by atoms with van der Waals surface area (Å²) < 4.78 is 39.3. The maximum atomic E-state index is 13.1. The van der Waals surface area contributed by atoms with Crippen molar-refractivity contribution in [2.24, 2.45) is 0 Å². The molecule has 0 radical (unpaired) electrons. The highest BCUT2D eigenvalue weighted by Crippen LogP contribution is 2.32. The summed E-state index contributed by atoms with van der Waals surface area (Å²) in [6, 6.07) is 4.44. The number of halogens is 3. The molecule has 26 heavy (non-hydrogen) atoms. The van der Waals surface area contributed by atoms with E-state index in [9.17, 15) is 18.0 Å². The Kier molecular flexibility index (Phi) is 5.11. The van der Waals surface area contributed by atoms with Crippen LogP contribution in [-0.2, 0) is 6.18 Å². The standard InChI is InChI=1S/C18H19F3N4O/c1-11-9-23-16(10-22-11)24-14-7-4-8-15(14)25-17(26)12-5-2-3-6-13(12)18(19,20)21/h2-3,5-6,9-10,14-15H,4,7-8H2,1H3,(H,23,24)(H,25,26)/t14-,15-/m0/s1. The monoisotopic (exact) mass is 364 g/mol. The van der Waals surface area contributed by atoms with Gasteiger partial charge in [-0.15, -0.1) is 0 Å². The van der Waals surface area contributed by atoms with Crippen LogP contribution in [0, 0.1) is 6.92 Å². The molecule has 0 aliphatic heterocycles. The fourth-order valence-electron chi connectivity index (χ4n) is 3.14. The molecule has 1 aromatic heterocycles. The largest absolute Gasteiger partial charge is 0.417 e. The van der Waals surface area contributed by atoms with Crippen LogP contribution in [-0.4, -0.2) is 28.0 Å². The van der Waals surface area contributed by atoms with Gasteiger partial charge < -0.3 is 10.6 Å². The van der Waals surface area contributed by atoms with Gasteiger partial charge in [0, 0.05) is 12.1 Å². The number of rotatable bonds is 4. The first kappa shape index (κ1) is 18.2. The molecule has 2 aromatic rings. The number of aryl methyl sites for hydroxylation is 1. The van der Waals surface area contributed by atoms with E-state index >= 15 is 0 Å². The lowest BCUT2D eigenvalue weighted by atomic mass is 10.1. The van der Waals surface area contributed by atoms with Gasteiger partial charge in [-0.3, -0.25) is 9.78 Å². The molecular formula is C18H19F3N4O. The molecule has 3 rings (SSSR count). The van der Waals surface area contributed by atoms with E-state index in [0.717, 1.165) is 24.6 Å². The molecule has 2 atom stereocenters. The lowest BCUT2D eigenvalue weighted by molar-refractivity contribution is -0.137. The Morgan fingerprint density at radius 1 is 1.12 bits per heavy atom. The lowest BCUT2D eigenvalue weighted by Gasteiger charge is -2.23. The van der Waals surface area contributed by atoms with Crippen molar-refractivity contribution in [3.8, 4) is 0 Å². The number of benzene rings is 1. The Morgan fingerprint density at radius 2 is 1.85 bits per heavy atom. The molecule has 1 amide bonds. The molecule has 1 aliphatic rings. The first-order chi connectivity index (χ1) is 12.3. The Hall–Kier alpha value is -2.64. The summed E-state index contributed by atoms with van der Waals surface area (Å²) in [4.78, 5) is 20.8. The van der Waals surface area contributed by atoms with Crippen LogP contribution in [0.4, 0.5) is 19.0 Å². The Balaban J connectivity index is 1.72. The number of hydrogen-bond acceptors (Lipinski definition) is 4. The van der Waals surface area contributed by atoms with E-state index in [4.69, 9.17) is 0 Å². The van der Waals surface area contributed by atoms with Gasteiger partial charge in [0.05, 0.1) is 29.2 Å². The normalized spacial score (nSPS) is 20.0. The van der Waals surface area contributed by atoms with Crippen molar-refractivity contribution < 1.29 is 18.0 Å². The molecule has 0 spiro atoms. The SMILES string of the molecule is Cc1cnc(N[C@H]2CCC[C@@H]2NC(=O)c2ccccc2C(F)(F)F)cn1. The summed E-state index contributed by atoms with van der Waals surface area (Å²) >= 11 is 0. The molecule has 1 aliphatic carbocycles. The highest BCUT2D eigenvalue weighted by molar-refractivity contribution is 5.96. The molecular weight excluding hydrogens is 345 g/mol. The predicted octanol–water partition coefficient (Wildman–Crippen LogP) is 3.57. The van der Waals surface area contributed by atoms with E-state index < -0.39 is 17.6 Å². The molecule has 0 saturated heterocycles. The van der Waals surface area contributed by atoms with Crippen molar-refractivity contribution in [2.45, 2.75) is 44.4 Å². The summed E-state index contributed by atoms with van der Waals surface area (Å²) in [5, 5.41) is 5.95. The van der Waals surface area contributed by atoms with E-state index in [1.807, 2.05) is 6.92 Å². The molecule has 1 saturated carbocycles. The lowest BCUT2D eigenvalue weighted by Crippen LogP contribution is -2.44. The number of carbonyl (C=O) groups excluding carboxylic acids is 1. The number of carbonyl (C=O) groups is 1. The molecule has 5 nitrogen and oxygen atoms in total. The van der Waals surface area contributed by atoms with Gasteiger partial charge in [-0.1, -0.05) is 12.1 Å². The third kappa shape index (κ3) is 4.12. The van der Waals surface area contributed by atoms with Gasteiger partial charge in [0.15, 0.2) is 0 Å². The van der Waals surface area contributed by atoms with Gasteiger partial charge in [-0.2, -0.15) is 13.2 Å². The number of nitrogens with one attached hydrogen (secondary N) is 2. The second-order valence-corrected chi connectivity index (χ2v) is 6.35. The van der Waals surface area contributed by atoms with Crippen LogP contribution < -0.4 is 10.6 Å².